The van der Waals surface area contributed by atoms with Gasteiger partial charge in [0.1, 0.15) is 0 Å². The van der Waals surface area contributed by atoms with Crippen LogP contribution in [-0.4, -0.2) is 37.4 Å². The van der Waals surface area contributed by atoms with Crippen molar-refractivity contribution in [1.29, 1.82) is 0 Å². The second kappa shape index (κ2) is 4.37. The number of amides is 2. The first-order chi connectivity index (χ1) is 6.09. The molecule has 0 aromatic carbocycles. The fourth-order valence-corrected chi connectivity index (χ4v) is 1.44. The van der Waals surface area contributed by atoms with Crippen LogP contribution in [0.3, 0.4) is 0 Å². The summed E-state index contributed by atoms with van der Waals surface area (Å²) < 4.78 is 0. The Balaban J connectivity index is 2.22. The summed E-state index contributed by atoms with van der Waals surface area (Å²) in [5.41, 5.74) is 0. The van der Waals surface area contributed by atoms with Gasteiger partial charge in [-0.15, -0.1) is 0 Å². The summed E-state index contributed by atoms with van der Waals surface area (Å²) in [6, 6.07) is 0. The van der Waals surface area contributed by atoms with E-state index in [1.165, 1.54) is 0 Å². The molecule has 1 unspecified atom stereocenters. The fraction of sp³-hybridized carbons (Fsp3) is 0.778. The van der Waals surface area contributed by atoms with E-state index in [2.05, 4.69) is 10.2 Å². The van der Waals surface area contributed by atoms with Gasteiger partial charge in [-0.2, -0.15) is 5.32 Å². The maximum absolute atomic E-state index is 11.1. The van der Waals surface area contributed by atoms with Crippen molar-refractivity contribution in [3.8, 4) is 0 Å². The Morgan fingerprint density at radius 2 is 2.15 bits per heavy atom. The third-order valence-corrected chi connectivity index (χ3v) is 2.16. The number of hydrogen-bond acceptors (Lipinski definition) is 3. The van der Waals surface area contributed by atoms with E-state index >= 15 is 0 Å². The number of carbonyl (C=O) groups excluding carboxylic acids is 2. The molecule has 73 valence electrons. The lowest BCUT2D eigenvalue weighted by molar-refractivity contribution is -0.126. The van der Waals surface area contributed by atoms with Gasteiger partial charge in [-0.25, -0.2) is 0 Å². The Labute approximate surface area is 78.3 Å². The highest BCUT2D eigenvalue weighted by molar-refractivity contribution is 6.02. The highest BCUT2D eigenvalue weighted by Crippen LogP contribution is 2.17. The van der Waals surface area contributed by atoms with Crippen LogP contribution in [0.5, 0.6) is 0 Å². The molecule has 1 atom stereocenters. The van der Waals surface area contributed by atoms with Crippen molar-refractivity contribution < 1.29 is 9.59 Å². The Morgan fingerprint density at radius 3 is 2.62 bits per heavy atom. The van der Waals surface area contributed by atoms with Gasteiger partial charge < -0.3 is 4.90 Å². The molecule has 1 radical (unpaired) electrons. The SMILES string of the molecule is CN(C)CCCC1CC(=O)[N]C1=O. The van der Waals surface area contributed by atoms with Gasteiger partial charge in [-0.3, -0.25) is 9.59 Å². The molecule has 0 bridgehead atoms. The molecule has 0 spiro atoms. The van der Waals surface area contributed by atoms with Crippen LogP contribution in [0.4, 0.5) is 0 Å². The van der Waals surface area contributed by atoms with E-state index in [0.717, 1.165) is 19.4 Å². The Bertz CT molecular complexity index is 214. The molecule has 1 aliphatic heterocycles. The molecule has 0 N–H and O–H groups in total. The minimum absolute atomic E-state index is 0.132. The molecule has 1 rings (SSSR count). The van der Waals surface area contributed by atoms with E-state index in [-0.39, 0.29) is 17.7 Å². The second-order valence-corrected chi connectivity index (χ2v) is 3.69. The van der Waals surface area contributed by atoms with Crippen molar-refractivity contribution in [2.45, 2.75) is 19.3 Å². The Hall–Kier alpha value is -0.900. The van der Waals surface area contributed by atoms with E-state index in [1.54, 1.807) is 0 Å². The standard InChI is InChI=1S/C9H15N2O2/c1-11(2)5-3-4-7-6-8(12)10-9(7)13/h7H,3-6H2,1-2H3. The third-order valence-electron chi connectivity index (χ3n) is 2.16. The van der Waals surface area contributed by atoms with Crippen LogP contribution in [0, 0.1) is 5.92 Å². The molecule has 4 heteroatoms. The smallest absolute Gasteiger partial charge is 0.252 e. The first-order valence-corrected chi connectivity index (χ1v) is 4.52. The predicted octanol–water partition coefficient (Wildman–Crippen LogP) is 0.00570. The molecule has 0 aromatic heterocycles. The molecule has 0 aromatic rings. The van der Waals surface area contributed by atoms with E-state index in [1.807, 2.05) is 14.1 Å². The monoisotopic (exact) mass is 183 g/mol. The zero-order chi connectivity index (χ0) is 9.84. The predicted molar refractivity (Wildman–Crippen MR) is 48.0 cm³/mol. The van der Waals surface area contributed by atoms with E-state index in [0.29, 0.717) is 6.42 Å². The highest BCUT2D eigenvalue weighted by Gasteiger charge is 2.31. The normalized spacial score (nSPS) is 22.5. The summed E-state index contributed by atoms with van der Waals surface area (Å²) in [5.74, 6) is -0.601. The number of imide groups is 1. The van der Waals surface area contributed by atoms with Gasteiger partial charge in [0.15, 0.2) is 0 Å². The first-order valence-electron chi connectivity index (χ1n) is 4.52. The van der Waals surface area contributed by atoms with Crippen LogP contribution in [0.2, 0.25) is 0 Å². The minimum Gasteiger partial charge on any atom is -0.309 e. The van der Waals surface area contributed by atoms with Crippen LogP contribution in [-0.2, 0) is 9.59 Å². The molecule has 0 saturated carbocycles. The summed E-state index contributed by atoms with van der Waals surface area (Å²) in [6.45, 7) is 0.956. The molecule has 4 nitrogen and oxygen atoms in total. The lowest BCUT2D eigenvalue weighted by atomic mass is 10.0. The zero-order valence-corrected chi connectivity index (χ0v) is 8.12. The van der Waals surface area contributed by atoms with Crippen LogP contribution >= 0.6 is 0 Å². The van der Waals surface area contributed by atoms with Gasteiger partial charge in [0.05, 0.1) is 0 Å². The number of nitrogens with zero attached hydrogens (tertiary/aromatic N) is 2. The largest absolute Gasteiger partial charge is 0.309 e. The fourth-order valence-electron chi connectivity index (χ4n) is 1.44. The lowest BCUT2D eigenvalue weighted by Crippen LogP contribution is -2.17. The molecule has 13 heavy (non-hydrogen) atoms. The molecular formula is C9H15N2O2. The van der Waals surface area contributed by atoms with Gasteiger partial charge in [-0.1, -0.05) is 0 Å². The molecule has 1 fully saturated rings. The van der Waals surface area contributed by atoms with Crippen molar-refractivity contribution in [3.05, 3.63) is 0 Å². The van der Waals surface area contributed by atoms with E-state index in [4.69, 9.17) is 0 Å². The number of rotatable bonds is 4. The summed E-state index contributed by atoms with van der Waals surface area (Å²) >= 11 is 0. The van der Waals surface area contributed by atoms with Crippen molar-refractivity contribution >= 4 is 11.8 Å². The average molecular weight is 183 g/mol. The quantitative estimate of drug-likeness (QED) is 0.577. The molecule has 1 aliphatic rings. The minimum atomic E-state index is -0.250. The molecule has 2 amide bonds. The van der Waals surface area contributed by atoms with Gasteiger partial charge in [0.2, 0.25) is 5.91 Å². The van der Waals surface area contributed by atoms with Crippen LogP contribution in [0.15, 0.2) is 0 Å². The lowest BCUT2D eigenvalue weighted by Gasteiger charge is -2.10. The van der Waals surface area contributed by atoms with Gasteiger partial charge in [0.25, 0.3) is 5.91 Å². The van der Waals surface area contributed by atoms with Crippen molar-refractivity contribution in [3.63, 3.8) is 0 Å². The summed E-state index contributed by atoms with van der Waals surface area (Å²) in [5, 5.41) is 3.38. The summed E-state index contributed by atoms with van der Waals surface area (Å²) in [4.78, 5) is 23.9. The van der Waals surface area contributed by atoms with Crippen molar-refractivity contribution in [1.82, 2.24) is 10.2 Å². The third kappa shape index (κ3) is 3.14. The molecule has 1 saturated heterocycles. The first kappa shape index (κ1) is 10.2. The van der Waals surface area contributed by atoms with Gasteiger partial charge in [0, 0.05) is 12.3 Å². The van der Waals surface area contributed by atoms with Crippen molar-refractivity contribution in [2.24, 2.45) is 5.92 Å². The maximum atomic E-state index is 11.1. The average Bonchev–Trinajstić information content (AvgIpc) is 2.29. The second-order valence-electron chi connectivity index (χ2n) is 3.69. The van der Waals surface area contributed by atoms with Crippen molar-refractivity contribution in [2.75, 3.05) is 20.6 Å². The summed E-state index contributed by atoms with van der Waals surface area (Å²) in [7, 11) is 3.98. The van der Waals surface area contributed by atoms with Crippen LogP contribution < -0.4 is 5.32 Å². The maximum Gasteiger partial charge on any atom is 0.252 e. The van der Waals surface area contributed by atoms with Gasteiger partial charge >= 0.3 is 0 Å². The topological polar surface area (TPSA) is 51.5 Å². The number of carbonyl (C=O) groups is 2. The summed E-state index contributed by atoms with van der Waals surface area (Å²) in [6.07, 6.45) is 2.06. The Morgan fingerprint density at radius 1 is 1.46 bits per heavy atom. The molecular weight excluding hydrogens is 168 g/mol. The molecule has 1 heterocycles. The van der Waals surface area contributed by atoms with E-state index in [9.17, 15) is 9.59 Å². The Kier molecular flexibility index (Phi) is 3.42. The van der Waals surface area contributed by atoms with Crippen LogP contribution in [0.1, 0.15) is 19.3 Å². The van der Waals surface area contributed by atoms with Crippen LogP contribution in [0.25, 0.3) is 0 Å². The zero-order valence-electron chi connectivity index (χ0n) is 8.12. The van der Waals surface area contributed by atoms with E-state index < -0.39 is 0 Å². The highest BCUT2D eigenvalue weighted by atomic mass is 16.2. The molecule has 0 aliphatic carbocycles. The number of hydrogen-bond donors (Lipinski definition) is 0. The van der Waals surface area contributed by atoms with Gasteiger partial charge in [-0.05, 0) is 33.5 Å².